The Morgan fingerprint density at radius 3 is 2.14 bits per heavy atom. The molecule has 0 saturated carbocycles. The van der Waals surface area contributed by atoms with Gasteiger partial charge in [0.1, 0.15) is 17.5 Å². The minimum Gasteiger partial charge on any atom is -0.370 e. The molecule has 1 aromatic heterocycles. The van der Waals surface area contributed by atoms with Gasteiger partial charge in [0.2, 0.25) is 5.91 Å². The van der Waals surface area contributed by atoms with E-state index in [0.717, 1.165) is 42.4 Å². The third kappa shape index (κ3) is 5.21. The lowest BCUT2D eigenvalue weighted by Gasteiger charge is -2.15. The van der Waals surface area contributed by atoms with Crippen molar-refractivity contribution in [3.8, 4) is 0 Å². The van der Waals surface area contributed by atoms with E-state index in [2.05, 4.69) is 27.5 Å². The normalized spacial score (nSPS) is 10.3. The fourth-order valence-electron chi connectivity index (χ4n) is 1.82. The van der Waals surface area contributed by atoms with Crippen LogP contribution in [0, 0.1) is 6.92 Å². The third-order valence-electron chi connectivity index (χ3n) is 3.18. The smallest absolute Gasteiger partial charge is 0.223 e. The molecule has 1 amide bonds. The molecule has 0 aliphatic heterocycles. The standard InChI is InChI=1S/C15H27N5O/c1-6-9-16-14-11(3)15(19-12(7-2)18-14)17-10-8-13(21)20(4)5/h6-10H2,1-5H3,(H2,16,17,18,19). The summed E-state index contributed by atoms with van der Waals surface area (Å²) >= 11 is 0. The molecule has 2 N–H and O–H groups in total. The Kier molecular flexibility index (Phi) is 6.91. The SMILES string of the molecule is CCCNc1nc(CC)nc(NCCC(=O)N(C)C)c1C. The van der Waals surface area contributed by atoms with Crippen LogP contribution in [0.5, 0.6) is 0 Å². The maximum absolute atomic E-state index is 11.6. The number of hydrogen-bond donors (Lipinski definition) is 2. The highest BCUT2D eigenvalue weighted by atomic mass is 16.2. The van der Waals surface area contributed by atoms with E-state index in [9.17, 15) is 4.79 Å². The number of rotatable bonds is 8. The van der Waals surface area contributed by atoms with E-state index in [-0.39, 0.29) is 5.91 Å². The van der Waals surface area contributed by atoms with Crippen molar-refractivity contribution in [1.82, 2.24) is 14.9 Å². The van der Waals surface area contributed by atoms with E-state index in [1.807, 2.05) is 13.8 Å². The Balaban J connectivity index is 2.77. The quantitative estimate of drug-likeness (QED) is 0.768. The average molecular weight is 293 g/mol. The van der Waals surface area contributed by atoms with Crippen LogP contribution in [0.3, 0.4) is 0 Å². The summed E-state index contributed by atoms with van der Waals surface area (Å²) in [7, 11) is 3.53. The second-order valence-electron chi connectivity index (χ2n) is 5.21. The van der Waals surface area contributed by atoms with Gasteiger partial charge >= 0.3 is 0 Å². The van der Waals surface area contributed by atoms with E-state index in [1.54, 1.807) is 19.0 Å². The van der Waals surface area contributed by atoms with Crippen molar-refractivity contribution >= 4 is 17.5 Å². The minimum absolute atomic E-state index is 0.106. The first-order chi connectivity index (χ1) is 9.99. The molecule has 0 unspecified atom stereocenters. The van der Waals surface area contributed by atoms with Crippen LogP contribution < -0.4 is 10.6 Å². The molecule has 0 aromatic carbocycles. The number of anilines is 2. The second kappa shape index (κ2) is 8.44. The fraction of sp³-hybridized carbons (Fsp3) is 0.667. The largest absolute Gasteiger partial charge is 0.370 e. The highest BCUT2D eigenvalue weighted by Gasteiger charge is 2.10. The summed E-state index contributed by atoms with van der Waals surface area (Å²) in [6, 6.07) is 0. The highest BCUT2D eigenvalue weighted by molar-refractivity contribution is 5.76. The molecule has 6 nitrogen and oxygen atoms in total. The molecule has 0 radical (unpaired) electrons. The maximum atomic E-state index is 11.6. The van der Waals surface area contributed by atoms with Crippen molar-refractivity contribution in [3.05, 3.63) is 11.4 Å². The third-order valence-corrected chi connectivity index (χ3v) is 3.18. The van der Waals surface area contributed by atoms with Crippen molar-refractivity contribution in [2.45, 2.75) is 40.0 Å². The van der Waals surface area contributed by atoms with Crippen LogP contribution in [0.2, 0.25) is 0 Å². The molecule has 0 atom stereocenters. The molecule has 0 fully saturated rings. The van der Waals surface area contributed by atoms with Gasteiger partial charge in [-0.15, -0.1) is 0 Å². The number of nitrogens with one attached hydrogen (secondary N) is 2. The van der Waals surface area contributed by atoms with Gasteiger partial charge in [-0.05, 0) is 13.3 Å². The molecular weight excluding hydrogens is 266 g/mol. The average Bonchev–Trinajstić information content (AvgIpc) is 2.47. The molecule has 6 heteroatoms. The van der Waals surface area contributed by atoms with Gasteiger partial charge in [-0.2, -0.15) is 0 Å². The number of amides is 1. The Labute approximate surface area is 127 Å². The first-order valence-corrected chi connectivity index (χ1v) is 7.55. The Morgan fingerprint density at radius 2 is 1.67 bits per heavy atom. The van der Waals surface area contributed by atoms with Gasteiger partial charge in [0.05, 0.1) is 0 Å². The molecule has 0 aliphatic carbocycles. The molecular formula is C15H27N5O. The number of carbonyl (C=O) groups excluding carboxylic acids is 1. The predicted octanol–water partition coefficient (Wildman–Crippen LogP) is 2.06. The first kappa shape index (κ1) is 17.2. The van der Waals surface area contributed by atoms with Gasteiger partial charge < -0.3 is 15.5 Å². The molecule has 0 saturated heterocycles. The topological polar surface area (TPSA) is 70.1 Å². The van der Waals surface area contributed by atoms with Crippen LogP contribution in [-0.4, -0.2) is 48.0 Å². The highest BCUT2D eigenvalue weighted by Crippen LogP contribution is 2.20. The number of hydrogen-bond acceptors (Lipinski definition) is 5. The lowest BCUT2D eigenvalue weighted by molar-refractivity contribution is -0.128. The molecule has 1 rings (SSSR count). The lowest BCUT2D eigenvalue weighted by Crippen LogP contribution is -2.24. The summed E-state index contributed by atoms with van der Waals surface area (Å²) in [5.74, 6) is 2.60. The van der Waals surface area contributed by atoms with Crippen molar-refractivity contribution in [2.24, 2.45) is 0 Å². The molecule has 0 spiro atoms. The van der Waals surface area contributed by atoms with Crippen LogP contribution in [-0.2, 0) is 11.2 Å². The van der Waals surface area contributed by atoms with E-state index >= 15 is 0 Å². The number of aryl methyl sites for hydroxylation is 1. The van der Waals surface area contributed by atoms with Gasteiger partial charge in [-0.25, -0.2) is 9.97 Å². The van der Waals surface area contributed by atoms with Crippen LogP contribution in [0.4, 0.5) is 11.6 Å². The molecule has 1 heterocycles. The monoisotopic (exact) mass is 293 g/mol. The van der Waals surface area contributed by atoms with Crippen molar-refractivity contribution in [2.75, 3.05) is 37.8 Å². The maximum Gasteiger partial charge on any atom is 0.223 e. The Bertz CT molecular complexity index is 473. The summed E-state index contributed by atoms with van der Waals surface area (Å²) < 4.78 is 0. The second-order valence-corrected chi connectivity index (χ2v) is 5.21. The Morgan fingerprint density at radius 1 is 1.10 bits per heavy atom. The molecule has 0 aliphatic rings. The fourth-order valence-corrected chi connectivity index (χ4v) is 1.82. The molecule has 21 heavy (non-hydrogen) atoms. The number of aromatic nitrogens is 2. The number of carbonyl (C=O) groups is 1. The van der Waals surface area contributed by atoms with Gasteiger partial charge in [0.15, 0.2) is 0 Å². The summed E-state index contributed by atoms with van der Waals surface area (Å²) in [5, 5.41) is 6.58. The van der Waals surface area contributed by atoms with Crippen molar-refractivity contribution in [1.29, 1.82) is 0 Å². The van der Waals surface area contributed by atoms with Crippen molar-refractivity contribution < 1.29 is 4.79 Å². The molecule has 1 aromatic rings. The van der Waals surface area contributed by atoms with Crippen LogP contribution in [0.15, 0.2) is 0 Å². The summed E-state index contributed by atoms with van der Waals surface area (Å²) in [5.41, 5.74) is 0.998. The lowest BCUT2D eigenvalue weighted by atomic mass is 10.2. The van der Waals surface area contributed by atoms with Crippen LogP contribution >= 0.6 is 0 Å². The Hall–Kier alpha value is -1.85. The predicted molar refractivity (Wildman–Crippen MR) is 86.7 cm³/mol. The van der Waals surface area contributed by atoms with E-state index in [0.29, 0.717) is 13.0 Å². The zero-order valence-corrected chi connectivity index (χ0v) is 13.8. The minimum atomic E-state index is 0.106. The zero-order valence-electron chi connectivity index (χ0n) is 13.8. The van der Waals surface area contributed by atoms with Gasteiger partial charge in [0.25, 0.3) is 0 Å². The van der Waals surface area contributed by atoms with E-state index < -0.39 is 0 Å². The molecule has 0 bridgehead atoms. The summed E-state index contributed by atoms with van der Waals surface area (Å²) in [4.78, 5) is 22.2. The first-order valence-electron chi connectivity index (χ1n) is 7.55. The van der Waals surface area contributed by atoms with Crippen molar-refractivity contribution in [3.63, 3.8) is 0 Å². The van der Waals surface area contributed by atoms with Crippen LogP contribution in [0.25, 0.3) is 0 Å². The summed E-state index contributed by atoms with van der Waals surface area (Å²) in [6.07, 6.45) is 2.28. The van der Waals surface area contributed by atoms with E-state index in [4.69, 9.17) is 0 Å². The van der Waals surface area contributed by atoms with E-state index in [1.165, 1.54) is 0 Å². The molecule has 118 valence electrons. The summed E-state index contributed by atoms with van der Waals surface area (Å²) in [6.45, 7) is 7.61. The number of nitrogens with zero attached hydrogens (tertiary/aromatic N) is 3. The van der Waals surface area contributed by atoms with Gasteiger partial charge in [0, 0.05) is 45.6 Å². The van der Waals surface area contributed by atoms with Crippen LogP contribution in [0.1, 0.15) is 38.1 Å². The zero-order chi connectivity index (χ0) is 15.8. The van der Waals surface area contributed by atoms with Gasteiger partial charge in [-0.3, -0.25) is 4.79 Å². The van der Waals surface area contributed by atoms with Gasteiger partial charge in [-0.1, -0.05) is 13.8 Å².